The van der Waals surface area contributed by atoms with Gasteiger partial charge in [0.1, 0.15) is 11.5 Å². The summed E-state index contributed by atoms with van der Waals surface area (Å²) in [7, 11) is 1.61. The van der Waals surface area contributed by atoms with Gasteiger partial charge in [-0.3, -0.25) is 0 Å². The van der Waals surface area contributed by atoms with Crippen LogP contribution in [-0.2, 0) is 13.0 Å². The van der Waals surface area contributed by atoms with E-state index in [4.69, 9.17) is 19.7 Å². The van der Waals surface area contributed by atoms with Crippen molar-refractivity contribution in [2.45, 2.75) is 32.9 Å². The fourth-order valence-electron chi connectivity index (χ4n) is 1.78. The lowest BCUT2D eigenvalue weighted by molar-refractivity contribution is 0.279. The van der Waals surface area contributed by atoms with E-state index in [9.17, 15) is 0 Å². The molecule has 0 saturated carbocycles. The smallest absolute Gasteiger partial charge is 0.226 e. The molecular weight excluding hydrogens is 258 g/mol. The molecule has 0 aliphatic carbocycles. The van der Waals surface area contributed by atoms with Crippen molar-refractivity contribution in [3.63, 3.8) is 0 Å². The van der Waals surface area contributed by atoms with Crippen LogP contribution in [0.4, 0.5) is 0 Å². The number of nitrogens with zero attached hydrogens (tertiary/aromatic N) is 2. The molecule has 0 aliphatic heterocycles. The summed E-state index contributed by atoms with van der Waals surface area (Å²) in [5, 5.41) is 3.85. The van der Waals surface area contributed by atoms with Crippen LogP contribution in [0.5, 0.6) is 11.5 Å². The molecule has 0 fully saturated rings. The SMILES string of the molecule is CCc1nc(COc2cc(OC)ccc2C(C)N)no1. The molecule has 6 heteroatoms. The summed E-state index contributed by atoms with van der Waals surface area (Å²) in [5.74, 6) is 2.50. The second kappa shape index (κ2) is 6.38. The van der Waals surface area contributed by atoms with Crippen LogP contribution in [0.1, 0.15) is 37.2 Å². The highest BCUT2D eigenvalue weighted by molar-refractivity contribution is 5.42. The van der Waals surface area contributed by atoms with E-state index in [-0.39, 0.29) is 12.6 Å². The average molecular weight is 277 g/mol. The second-order valence-corrected chi connectivity index (χ2v) is 4.44. The quantitative estimate of drug-likeness (QED) is 0.871. The number of ether oxygens (including phenoxy) is 2. The molecule has 0 radical (unpaired) electrons. The molecule has 1 atom stereocenters. The lowest BCUT2D eigenvalue weighted by atomic mass is 10.1. The van der Waals surface area contributed by atoms with E-state index < -0.39 is 0 Å². The van der Waals surface area contributed by atoms with Crippen LogP contribution >= 0.6 is 0 Å². The maximum Gasteiger partial charge on any atom is 0.226 e. The Kier molecular flexibility index (Phi) is 4.57. The fourth-order valence-corrected chi connectivity index (χ4v) is 1.78. The number of nitrogens with two attached hydrogens (primary N) is 1. The minimum absolute atomic E-state index is 0.132. The Labute approximate surface area is 117 Å². The zero-order chi connectivity index (χ0) is 14.5. The van der Waals surface area contributed by atoms with E-state index >= 15 is 0 Å². The van der Waals surface area contributed by atoms with E-state index in [1.165, 1.54) is 0 Å². The first-order valence-corrected chi connectivity index (χ1v) is 6.51. The standard InChI is InChI=1S/C14H19N3O3/c1-4-14-16-13(17-20-14)8-19-12-7-10(18-3)5-6-11(12)9(2)15/h5-7,9H,4,8,15H2,1-3H3. The summed E-state index contributed by atoms with van der Waals surface area (Å²) < 4.78 is 16.0. The van der Waals surface area contributed by atoms with Crippen LogP contribution in [-0.4, -0.2) is 17.3 Å². The van der Waals surface area contributed by atoms with Gasteiger partial charge in [-0.15, -0.1) is 0 Å². The number of hydrogen-bond donors (Lipinski definition) is 1. The van der Waals surface area contributed by atoms with Gasteiger partial charge in [0.2, 0.25) is 11.7 Å². The zero-order valence-corrected chi connectivity index (χ0v) is 11.9. The summed E-state index contributed by atoms with van der Waals surface area (Å²) >= 11 is 0. The minimum atomic E-state index is -0.132. The molecule has 1 heterocycles. The van der Waals surface area contributed by atoms with Gasteiger partial charge < -0.3 is 19.7 Å². The van der Waals surface area contributed by atoms with E-state index in [2.05, 4.69) is 10.1 Å². The van der Waals surface area contributed by atoms with Crippen molar-refractivity contribution in [2.75, 3.05) is 7.11 Å². The van der Waals surface area contributed by atoms with Crippen LogP contribution in [0.3, 0.4) is 0 Å². The Morgan fingerprint density at radius 2 is 2.20 bits per heavy atom. The van der Waals surface area contributed by atoms with Gasteiger partial charge in [0.05, 0.1) is 7.11 Å². The maximum absolute atomic E-state index is 5.93. The predicted molar refractivity (Wildman–Crippen MR) is 73.6 cm³/mol. The lowest BCUT2D eigenvalue weighted by Crippen LogP contribution is -2.08. The number of methoxy groups -OCH3 is 1. The number of benzene rings is 1. The zero-order valence-electron chi connectivity index (χ0n) is 11.9. The first-order valence-electron chi connectivity index (χ1n) is 6.51. The Morgan fingerprint density at radius 1 is 1.40 bits per heavy atom. The molecule has 0 saturated heterocycles. The van der Waals surface area contributed by atoms with Crippen molar-refractivity contribution in [3.8, 4) is 11.5 Å². The molecule has 2 N–H and O–H groups in total. The summed E-state index contributed by atoms with van der Waals surface area (Å²) in [6.07, 6.45) is 0.706. The average Bonchev–Trinajstić information content (AvgIpc) is 2.92. The molecule has 108 valence electrons. The van der Waals surface area contributed by atoms with Crippen LogP contribution in [0.2, 0.25) is 0 Å². The Morgan fingerprint density at radius 3 is 2.80 bits per heavy atom. The summed E-state index contributed by atoms with van der Waals surface area (Å²) in [4.78, 5) is 4.20. The largest absolute Gasteiger partial charge is 0.497 e. The predicted octanol–water partition coefficient (Wildman–Crippen LogP) is 2.24. The summed E-state index contributed by atoms with van der Waals surface area (Å²) in [5.41, 5.74) is 6.84. The molecule has 0 aliphatic rings. The summed E-state index contributed by atoms with van der Waals surface area (Å²) in [6, 6.07) is 5.42. The number of hydrogen-bond acceptors (Lipinski definition) is 6. The van der Waals surface area contributed by atoms with Crippen molar-refractivity contribution < 1.29 is 14.0 Å². The monoisotopic (exact) mass is 277 g/mol. The maximum atomic E-state index is 5.93. The Balaban J connectivity index is 2.14. The normalized spacial score (nSPS) is 12.2. The molecule has 1 unspecified atom stereocenters. The molecule has 2 rings (SSSR count). The van der Waals surface area contributed by atoms with Crippen molar-refractivity contribution in [3.05, 3.63) is 35.5 Å². The number of aryl methyl sites for hydroxylation is 1. The Hall–Kier alpha value is -2.08. The first-order chi connectivity index (χ1) is 9.63. The van der Waals surface area contributed by atoms with Crippen LogP contribution in [0.15, 0.2) is 22.7 Å². The van der Waals surface area contributed by atoms with E-state index in [0.29, 0.717) is 29.6 Å². The van der Waals surface area contributed by atoms with Gasteiger partial charge in [0, 0.05) is 24.1 Å². The molecule has 0 amide bonds. The first kappa shape index (κ1) is 14.3. The lowest BCUT2D eigenvalue weighted by Gasteiger charge is -2.14. The van der Waals surface area contributed by atoms with E-state index in [1.54, 1.807) is 13.2 Å². The molecule has 20 heavy (non-hydrogen) atoms. The van der Waals surface area contributed by atoms with Crippen molar-refractivity contribution >= 4 is 0 Å². The summed E-state index contributed by atoms with van der Waals surface area (Å²) in [6.45, 7) is 4.09. The van der Waals surface area contributed by atoms with Crippen molar-refractivity contribution in [2.24, 2.45) is 5.73 Å². The number of rotatable bonds is 6. The Bertz CT molecular complexity index is 567. The van der Waals surface area contributed by atoms with Crippen molar-refractivity contribution in [1.82, 2.24) is 10.1 Å². The fraction of sp³-hybridized carbons (Fsp3) is 0.429. The molecule has 1 aromatic heterocycles. The highest BCUT2D eigenvalue weighted by Gasteiger charge is 2.12. The van der Waals surface area contributed by atoms with Crippen molar-refractivity contribution in [1.29, 1.82) is 0 Å². The highest BCUT2D eigenvalue weighted by atomic mass is 16.5. The van der Waals surface area contributed by atoms with Gasteiger partial charge in [-0.05, 0) is 13.0 Å². The second-order valence-electron chi connectivity index (χ2n) is 4.44. The topological polar surface area (TPSA) is 83.4 Å². The van der Waals surface area contributed by atoms with Crippen LogP contribution in [0, 0.1) is 0 Å². The molecular formula is C14H19N3O3. The number of aromatic nitrogens is 2. The third-order valence-corrected chi connectivity index (χ3v) is 2.88. The van der Waals surface area contributed by atoms with Gasteiger partial charge in [-0.25, -0.2) is 0 Å². The van der Waals surface area contributed by atoms with Gasteiger partial charge in [-0.1, -0.05) is 18.1 Å². The van der Waals surface area contributed by atoms with Crippen LogP contribution < -0.4 is 15.2 Å². The molecule has 1 aromatic carbocycles. The van der Waals surface area contributed by atoms with Gasteiger partial charge in [0.25, 0.3) is 0 Å². The minimum Gasteiger partial charge on any atom is -0.497 e. The van der Waals surface area contributed by atoms with Gasteiger partial charge in [0.15, 0.2) is 6.61 Å². The molecule has 0 bridgehead atoms. The molecule has 6 nitrogen and oxygen atoms in total. The van der Waals surface area contributed by atoms with Crippen LogP contribution in [0.25, 0.3) is 0 Å². The van der Waals surface area contributed by atoms with Gasteiger partial charge >= 0.3 is 0 Å². The molecule has 2 aromatic rings. The third-order valence-electron chi connectivity index (χ3n) is 2.88. The highest BCUT2D eigenvalue weighted by Crippen LogP contribution is 2.29. The molecule has 0 spiro atoms. The van der Waals surface area contributed by atoms with Gasteiger partial charge in [-0.2, -0.15) is 4.98 Å². The third kappa shape index (κ3) is 3.27. The van der Waals surface area contributed by atoms with E-state index in [0.717, 1.165) is 5.56 Å². The van der Waals surface area contributed by atoms with E-state index in [1.807, 2.05) is 26.0 Å².